The van der Waals surface area contributed by atoms with E-state index >= 15 is 0 Å². The van der Waals surface area contributed by atoms with Crippen LogP contribution in [0, 0.1) is 17.1 Å². The predicted octanol–water partition coefficient (Wildman–Crippen LogP) is 0.100. The molecule has 0 aliphatic carbocycles. The lowest BCUT2D eigenvalue weighted by Crippen LogP contribution is -2.50. The van der Waals surface area contributed by atoms with E-state index in [4.69, 9.17) is 29.2 Å². The van der Waals surface area contributed by atoms with Crippen molar-refractivity contribution in [2.75, 3.05) is 32.6 Å². The van der Waals surface area contributed by atoms with Crippen LogP contribution in [0.5, 0.6) is 17.2 Å². The Kier molecular flexibility index (Phi) is 13.3. The van der Waals surface area contributed by atoms with Crippen LogP contribution in [-0.2, 0) is 19.4 Å². The highest BCUT2D eigenvalue weighted by molar-refractivity contribution is 7.92. The van der Waals surface area contributed by atoms with E-state index in [0.29, 0.717) is 47.9 Å². The molecule has 3 aromatic rings. The number of carboxylic acids is 1. The van der Waals surface area contributed by atoms with Crippen molar-refractivity contribution in [3.63, 3.8) is 0 Å². The average Bonchev–Trinajstić information content (AvgIpc) is 3.36. The fourth-order valence-electron chi connectivity index (χ4n) is 3.02. The zero-order valence-electron chi connectivity index (χ0n) is 22.7. The van der Waals surface area contributed by atoms with Gasteiger partial charge in [-0.05, 0) is 29.7 Å². The maximum absolute atomic E-state index is 13.7. The van der Waals surface area contributed by atoms with Gasteiger partial charge in [0.25, 0.3) is 10.0 Å². The zero-order chi connectivity index (χ0) is 33.1. The van der Waals surface area contributed by atoms with E-state index in [9.17, 15) is 35.4 Å². The molecule has 0 aliphatic heterocycles. The van der Waals surface area contributed by atoms with Gasteiger partial charge in [0.2, 0.25) is 0 Å². The Bertz CT molecular complexity index is 1600. The molecule has 0 aliphatic rings. The number of nitriles is 1. The van der Waals surface area contributed by atoms with Crippen molar-refractivity contribution >= 4 is 45.0 Å². The van der Waals surface area contributed by atoms with Crippen molar-refractivity contribution in [1.82, 2.24) is 4.72 Å². The van der Waals surface area contributed by atoms with E-state index in [2.05, 4.69) is 11.5 Å². The van der Waals surface area contributed by atoms with Crippen molar-refractivity contribution in [3.05, 3.63) is 47.8 Å². The number of carbonyl (C=O) groups is 1. The second-order valence-electron chi connectivity index (χ2n) is 8.56. The average molecular weight is 687 g/mol. The van der Waals surface area contributed by atoms with Crippen LogP contribution in [0.2, 0.25) is 0 Å². The van der Waals surface area contributed by atoms with Gasteiger partial charge in [-0.15, -0.1) is 11.3 Å². The molecule has 242 valence electrons. The highest BCUT2D eigenvalue weighted by Crippen LogP contribution is 2.40. The van der Waals surface area contributed by atoms with Crippen LogP contribution in [0.3, 0.4) is 0 Å². The molecular weight excluding hydrogens is 659 g/mol. The molecule has 1 aromatic heterocycles. The Labute approximate surface area is 252 Å². The maximum atomic E-state index is 13.7. The highest BCUT2D eigenvalue weighted by atomic mass is 32.2. The summed E-state index contributed by atoms with van der Waals surface area (Å²) >= 11 is 0.934. The van der Waals surface area contributed by atoms with Crippen LogP contribution >= 0.6 is 18.9 Å². The quantitative estimate of drug-likeness (QED) is 0.118. The second-order valence-corrected chi connectivity index (χ2v) is 13.4. The van der Waals surface area contributed by atoms with Crippen LogP contribution in [0.25, 0.3) is 10.1 Å². The molecule has 0 fully saturated rings. The third-order valence-corrected chi connectivity index (χ3v) is 9.33. The lowest BCUT2D eigenvalue weighted by atomic mass is 10.2. The van der Waals surface area contributed by atoms with Gasteiger partial charge in [0.15, 0.2) is 19.1 Å². The minimum Gasteiger partial charge on any atom is -0.768 e. The van der Waals surface area contributed by atoms with Gasteiger partial charge in [-0.3, -0.25) is 4.57 Å². The number of alkyl halides is 3. The van der Waals surface area contributed by atoms with Gasteiger partial charge in [-0.25, -0.2) is 17.5 Å². The first-order valence-corrected chi connectivity index (χ1v) is 16.4. The number of hydrogen-bond donors (Lipinski definition) is 3. The topological polar surface area (TPSA) is 233 Å². The molecule has 0 amide bonds. The fourth-order valence-corrected chi connectivity index (χ4v) is 6.95. The highest BCUT2D eigenvalue weighted by Gasteiger charge is 2.29. The summed E-state index contributed by atoms with van der Waals surface area (Å²) in [6.07, 6.45) is -4.79. The molecule has 1 atom stereocenters. The number of quaternary nitrogens is 2. The molecule has 7 N–H and O–H groups in total. The SMILES string of the molecule is N#Cc1ccc(OP(=O)([O-])CNS(=O)(=O)c2cc3cc(OCCC[NH3+])c(OCCC[NH3+])cc3s2)cc1F.O=C([O-])C(F)(F)F. The number of carbonyl (C=O) groups excluding carboxylic acids is 1. The molecule has 0 radical (unpaired) electrons. The van der Waals surface area contributed by atoms with E-state index in [0.717, 1.165) is 42.4 Å². The second kappa shape index (κ2) is 16.0. The minimum atomic E-state index is -5.19. The van der Waals surface area contributed by atoms with Crippen LogP contribution < -0.4 is 40.2 Å². The first kappa shape index (κ1) is 36.7. The molecule has 1 heterocycles. The lowest BCUT2D eigenvalue weighted by Gasteiger charge is -2.24. The Hall–Kier alpha value is -3.50. The Balaban J connectivity index is 0.000000860. The summed E-state index contributed by atoms with van der Waals surface area (Å²) < 4.78 is 102. The maximum Gasteiger partial charge on any atom is 0.430 e. The van der Waals surface area contributed by atoms with Gasteiger partial charge in [-0.1, -0.05) is 0 Å². The predicted molar refractivity (Wildman–Crippen MR) is 143 cm³/mol. The summed E-state index contributed by atoms with van der Waals surface area (Å²) in [5.74, 6) is -3.42. The molecule has 3 rings (SSSR count). The number of fused-ring (bicyclic) bond motifs is 1. The number of rotatable bonds is 14. The first-order chi connectivity index (χ1) is 20.5. The summed E-state index contributed by atoms with van der Waals surface area (Å²) in [5, 5.41) is 18.1. The molecule has 1 unspecified atom stereocenters. The number of sulfonamides is 1. The molecule has 2 aromatic carbocycles. The Morgan fingerprint density at radius 2 is 1.64 bits per heavy atom. The van der Waals surface area contributed by atoms with Crippen molar-refractivity contribution in [1.29, 1.82) is 5.26 Å². The Morgan fingerprint density at radius 3 is 2.14 bits per heavy atom. The summed E-state index contributed by atoms with van der Waals surface area (Å²) in [4.78, 5) is 21.1. The van der Waals surface area contributed by atoms with Crippen LogP contribution in [0.1, 0.15) is 18.4 Å². The number of ether oxygens (including phenoxy) is 2. The molecule has 0 saturated carbocycles. The monoisotopic (exact) mass is 686 g/mol. The summed E-state index contributed by atoms with van der Waals surface area (Å²) in [6, 6.07) is 9.25. The lowest BCUT2D eigenvalue weighted by molar-refractivity contribution is -0.369. The molecule has 0 bridgehead atoms. The largest absolute Gasteiger partial charge is 0.768 e. The first-order valence-electron chi connectivity index (χ1n) is 12.4. The van der Waals surface area contributed by atoms with Crippen molar-refractivity contribution in [2.24, 2.45) is 0 Å². The van der Waals surface area contributed by atoms with Crippen LogP contribution in [0.15, 0.2) is 40.6 Å². The van der Waals surface area contributed by atoms with Crippen molar-refractivity contribution < 1.29 is 70.8 Å². The smallest absolute Gasteiger partial charge is 0.430 e. The third-order valence-electron chi connectivity index (χ3n) is 5.11. The molecule has 44 heavy (non-hydrogen) atoms. The van der Waals surface area contributed by atoms with Gasteiger partial charge in [0, 0.05) is 29.7 Å². The van der Waals surface area contributed by atoms with Crippen LogP contribution in [0.4, 0.5) is 17.6 Å². The van der Waals surface area contributed by atoms with Crippen molar-refractivity contribution in [3.8, 4) is 23.3 Å². The molecule has 0 saturated heterocycles. The summed E-state index contributed by atoms with van der Waals surface area (Å²) in [5.41, 5.74) is 7.27. The van der Waals surface area contributed by atoms with Crippen molar-refractivity contribution in [2.45, 2.75) is 23.2 Å². The van der Waals surface area contributed by atoms with Gasteiger partial charge < -0.3 is 40.3 Å². The van der Waals surface area contributed by atoms with E-state index in [1.807, 2.05) is 4.72 Å². The number of nitrogens with zero attached hydrogens (tertiary/aromatic N) is 1. The normalized spacial score (nSPS) is 12.9. The fraction of sp³-hybridized carbons (Fsp3) is 0.333. The number of benzene rings is 2. The number of halogens is 4. The summed E-state index contributed by atoms with van der Waals surface area (Å²) in [6.45, 7) is 2.22. The van der Waals surface area contributed by atoms with E-state index in [1.165, 1.54) is 6.07 Å². The van der Waals surface area contributed by atoms with Crippen LogP contribution in [-0.4, -0.2) is 53.2 Å². The van der Waals surface area contributed by atoms with Gasteiger partial charge in [0.1, 0.15) is 27.8 Å². The number of carboxylic acid groups (broad SMARTS) is 1. The number of thiophene rings is 1. The number of hydrogen-bond acceptors (Lipinski definition) is 11. The minimum absolute atomic E-state index is 0.120. The van der Waals surface area contributed by atoms with E-state index in [1.54, 1.807) is 18.2 Å². The van der Waals surface area contributed by atoms with E-state index < -0.39 is 41.9 Å². The number of nitrogens with one attached hydrogen (secondary N) is 1. The third kappa shape index (κ3) is 11.2. The molecule has 20 heteroatoms. The zero-order valence-corrected chi connectivity index (χ0v) is 25.3. The summed E-state index contributed by atoms with van der Waals surface area (Å²) in [7, 11) is -9.02. The van der Waals surface area contributed by atoms with E-state index in [-0.39, 0.29) is 15.5 Å². The van der Waals surface area contributed by atoms with Gasteiger partial charge in [0.05, 0.1) is 38.2 Å². The standard InChI is InChI=1S/C22H26FN4O7PS2.C2HF3O2/c23-18-11-17(4-3-15(18)13-26)34-35(28,29)14-27-37(30,31)22-10-16-9-19(32-7-1-5-24)20(12-21(16)36-22)33-8-2-6-25;3-2(4,5)1(6)7/h3-4,9-12,27H,1-2,5-8,14,24-25H2,(H,28,29);(H,6,7). The molecular formula is C24H27F4N4O9PS2. The van der Waals surface area contributed by atoms with Gasteiger partial charge >= 0.3 is 6.18 Å². The Morgan fingerprint density at radius 1 is 1.07 bits per heavy atom. The number of aliphatic carboxylic acids is 1. The molecule has 0 spiro atoms. The molecule has 13 nitrogen and oxygen atoms in total. The van der Waals surface area contributed by atoms with Gasteiger partial charge in [-0.2, -0.15) is 18.4 Å².